The van der Waals surface area contributed by atoms with Crippen LogP contribution in [0.5, 0.6) is 0 Å². The minimum Gasteiger partial charge on any atom is -0.346 e. The van der Waals surface area contributed by atoms with Crippen molar-refractivity contribution in [2.45, 2.75) is 59.0 Å². The summed E-state index contributed by atoms with van der Waals surface area (Å²) in [6.45, 7) is 18.4. The molecule has 0 spiro atoms. The molecule has 1 aromatic heterocycles. The molecule has 0 amide bonds. The highest BCUT2D eigenvalue weighted by molar-refractivity contribution is 7.15. The highest BCUT2D eigenvalue weighted by Crippen LogP contribution is 2.34. The van der Waals surface area contributed by atoms with Gasteiger partial charge < -0.3 is 10.6 Å². The monoisotopic (exact) mass is 310 g/mol. The van der Waals surface area contributed by atoms with E-state index < -0.39 is 0 Å². The van der Waals surface area contributed by atoms with Crippen LogP contribution in [0, 0.1) is 0 Å². The number of piperazine rings is 1. The zero-order valence-electron chi connectivity index (χ0n) is 14.4. The average molecular weight is 311 g/mol. The first-order valence-corrected chi connectivity index (χ1v) is 8.65. The third-order valence-electron chi connectivity index (χ3n) is 4.08. The van der Waals surface area contributed by atoms with E-state index >= 15 is 0 Å². The van der Waals surface area contributed by atoms with Crippen LogP contribution < -0.4 is 10.6 Å². The minimum absolute atomic E-state index is 0.0662. The van der Waals surface area contributed by atoms with Crippen LogP contribution in [-0.4, -0.2) is 41.6 Å². The first-order valence-electron chi connectivity index (χ1n) is 7.83. The van der Waals surface area contributed by atoms with Crippen molar-refractivity contribution in [2.75, 3.05) is 31.1 Å². The van der Waals surface area contributed by atoms with E-state index in [9.17, 15) is 0 Å². The van der Waals surface area contributed by atoms with Gasteiger partial charge in [0.1, 0.15) is 0 Å². The lowest BCUT2D eigenvalue weighted by Gasteiger charge is -2.42. The Morgan fingerprint density at radius 2 is 1.62 bits per heavy atom. The van der Waals surface area contributed by atoms with Crippen molar-refractivity contribution in [3.8, 4) is 0 Å². The van der Waals surface area contributed by atoms with Crippen molar-refractivity contribution in [3.63, 3.8) is 0 Å². The van der Waals surface area contributed by atoms with Gasteiger partial charge >= 0.3 is 0 Å². The fourth-order valence-corrected chi connectivity index (χ4v) is 3.97. The Morgan fingerprint density at radius 1 is 1.05 bits per heavy atom. The molecule has 0 unspecified atom stereocenters. The van der Waals surface area contributed by atoms with Crippen molar-refractivity contribution in [2.24, 2.45) is 5.73 Å². The lowest BCUT2D eigenvalue weighted by molar-refractivity contribution is 0.128. The van der Waals surface area contributed by atoms with Crippen LogP contribution in [0.2, 0.25) is 0 Å². The standard InChI is InChI=1S/C16H30N4S/c1-15(2,3)13-12(11-17)21-14(18-13)19-7-9-20(10-8-19)16(4,5)6/h7-11,17H2,1-6H3. The van der Waals surface area contributed by atoms with E-state index in [4.69, 9.17) is 10.7 Å². The average Bonchev–Trinajstić information content (AvgIpc) is 2.82. The fourth-order valence-electron chi connectivity index (χ4n) is 2.77. The number of rotatable bonds is 2. The predicted octanol–water partition coefficient (Wildman–Crippen LogP) is 2.82. The molecule has 1 aliphatic rings. The maximum atomic E-state index is 5.91. The van der Waals surface area contributed by atoms with Gasteiger partial charge in [-0.25, -0.2) is 4.98 Å². The Morgan fingerprint density at radius 3 is 2.00 bits per heavy atom. The summed E-state index contributed by atoms with van der Waals surface area (Å²) in [7, 11) is 0. The zero-order chi connectivity index (χ0) is 15.8. The molecule has 2 N–H and O–H groups in total. The molecule has 2 heterocycles. The van der Waals surface area contributed by atoms with Crippen LogP contribution in [0.15, 0.2) is 0 Å². The maximum absolute atomic E-state index is 5.91. The van der Waals surface area contributed by atoms with Gasteiger partial charge in [0.15, 0.2) is 5.13 Å². The van der Waals surface area contributed by atoms with Gasteiger partial charge in [0.05, 0.1) is 5.69 Å². The van der Waals surface area contributed by atoms with Gasteiger partial charge in [-0.05, 0) is 20.8 Å². The molecule has 0 aromatic carbocycles. The van der Waals surface area contributed by atoms with Crippen molar-refractivity contribution in [1.82, 2.24) is 9.88 Å². The van der Waals surface area contributed by atoms with E-state index in [0.717, 1.165) is 31.3 Å². The number of hydrogen-bond acceptors (Lipinski definition) is 5. The second-order valence-corrected chi connectivity index (χ2v) is 8.93. The molecule has 1 aromatic rings. The Hall–Kier alpha value is -0.650. The van der Waals surface area contributed by atoms with Crippen LogP contribution in [0.1, 0.15) is 52.1 Å². The number of anilines is 1. The Balaban J connectivity index is 2.13. The van der Waals surface area contributed by atoms with Gasteiger partial charge in [0.25, 0.3) is 0 Å². The van der Waals surface area contributed by atoms with Crippen LogP contribution in [0.25, 0.3) is 0 Å². The lowest BCUT2D eigenvalue weighted by Crippen LogP contribution is -2.53. The molecule has 0 radical (unpaired) electrons. The van der Waals surface area contributed by atoms with Crippen LogP contribution in [0.3, 0.4) is 0 Å². The molecular weight excluding hydrogens is 280 g/mol. The van der Waals surface area contributed by atoms with Crippen molar-refractivity contribution in [1.29, 1.82) is 0 Å². The number of aromatic nitrogens is 1. The number of hydrogen-bond donors (Lipinski definition) is 1. The molecule has 1 fully saturated rings. The highest BCUT2D eigenvalue weighted by Gasteiger charge is 2.29. The van der Waals surface area contributed by atoms with Crippen LogP contribution >= 0.6 is 11.3 Å². The first-order chi connectivity index (χ1) is 9.63. The van der Waals surface area contributed by atoms with Crippen molar-refractivity contribution < 1.29 is 0 Å². The minimum atomic E-state index is 0.0662. The molecule has 0 bridgehead atoms. The topological polar surface area (TPSA) is 45.4 Å². The first kappa shape index (κ1) is 16.7. The summed E-state index contributed by atoms with van der Waals surface area (Å²) >= 11 is 1.77. The highest BCUT2D eigenvalue weighted by atomic mass is 32.1. The summed E-state index contributed by atoms with van der Waals surface area (Å²) in [5, 5.41) is 1.15. The largest absolute Gasteiger partial charge is 0.346 e. The van der Waals surface area contributed by atoms with Gasteiger partial charge in [-0.15, -0.1) is 11.3 Å². The van der Waals surface area contributed by atoms with Gasteiger partial charge in [0.2, 0.25) is 0 Å². The van der Waals surface area contributed by atoms with Crippen LogP contribution in [0.4, 0.5) is 5.13 Å². The van der Waals surface area contributed by atoms with Gasteiger partial charge in [0, 0.05) is 48.6 Å². The summed E-state index contributed by atoms with van der Waals surface area (Å²) in [4.78, 5) is 11.1. The summed E-state index contributed by atoms with van der Waals surface area (Å²) in [6.07, 6.45) is 0. The molecule has 120 valence electrons. The third kappa shape index (κ3) is 3.76. The van der Waals surface area contributed by atoms with Gasteiger partial charge in [-0.2, -0.15) is 0 Å². The molecule has 0 saturated carbocycles. The summed E-state index contributed by atoms with van der Waals surface area (Å²) in [6, 6.07) is 0. The molecule has 5 heteroatoms. The van der Waals surface area contributed by atoms with Crippen LogP contribution in [-0.2, 0) is 12.0 Å². The quantitative estimate of drug-likeness (QED) is 0.912. The molecular formula is C16H30N4S. The second-order valence-electron chi connectivity index (χ2n) is 7.87. The maximum Gasteiger partial charge on any atom is 0.185 e. The number of nitrogens with zero attached hydrogens (tertiary/aromatic N) is 3. The smallest absolute Gasteiger partial charge is 0.185 e. The van der Waals surface area contributed by atoms with E-state index in [1.807, 2.05) is 0 Å². The third-order valence-corrected chi connectivity index (χ3v) is 5.22. The molecule has 21 heavy (non-hydrogen) atoms. The molecule has 0 aliphatic carbocycles. The summed E-state index contributed by atoms with van der Waals surface area (Å²) in [5.74, 6) is 0. The Bertz CT molecular complexity index is 473. The van der Waals surface area contributed by atoms with Gasteiger partial charge in [-0.3, -0.25) is 4.90 Å². The zero-order valence-corrected chi connectivity index (χ0v) is 15.2. The predicted molar refractivity (Wildman–Crippen MR) is 92.2 cm³/mol. The fraction of sp³-hybridized carbons (Fsp3) is 0.812. The molecule has 1 aliphatic heterocycles. The Kier molecular flexibility index (Phi) is 4.66. The SMILES string of the molecule is CC(C)(C)c1nc(N2CCN(C(C)(C)C)CC2)sc1CN. The molecule has 2 rings (SSSR count). The van der Waals surface area contributed by atoms with E-state index in [1.54, 1.807) is 11.3 Å². The van der Waals surface area contributed by atoms with Crippen molar-refractivity contribution >= 4 is 16.5 Å². The lowest BCUT2D eigenvalue weighted by atomic mass is 9.91. The molecule has 4 nitrogen and oxygen atoms in total. The number of thiazole rings is 1. The molecule has 1 saturated heterocycles. The second kappa shape index (κ2) is 5.86. The number of nitrogens with two attached hydrogens (primary N) is 1. The van der Waals surface area contributed by atoms with Crippen molar-refractivity contribution in [3.05, 3.63) is 10.6 Å². The summed E-state index contributed by atoms with van der Waals surface area (Å²) in [5.41, 5.74) is 7.41. The summed E-state index contributed by atoms with van der Waals surface area (Å²) < 4.78 is 0. The van der Waals surface area contributed by atoms with E-state index in [-0.39, 0.29) is 11.0 Å². The van der Waals surface area contributed by atoms with E-state index in [2.05, 4.69) is 51.3 Å². The van der Waals surface area contributed by atoms with E-state index in [1.165, 1.54) is 10.6 Å². The normalized spacial score (nSPS) is 18.3. The molecule has 0 atom stereocenters. The Labute approximate surface area is 133 Å². The van der Waals surface area contributed by atoms with E-state index in [0.29, 0.717) is 6.54 Å². The van der Waals surface area contributed by atoms with Gasteiger partial charge in [-0.1, -0.05) is 20.8 Å².